The number of hydrogen-bond acceptors (Lipinski definition) is 4. The second-order valence-electron chi connectivity index (χ2n) is 6.58. The van der Waals surface area contributed by atoms with Crippen molar-refractivity contribution in [2.75, 3.05) is 7.11 Å². The fraction of sp³-hybridized carbons (Fsp3) is 0.286. The Morgan fingerprint density at radius 3 is 2.56 bits per heavy atom. The molecule has 27 heavy (non-hydrogen) atoms. The summed E-state index contributed by atoms with van der Waals surface area (Å²) in [4.78, 5) is 17.0. The first-order valence-corrected chi connectivity index (χ1v) is 8.84. The van der Waals surface area contributed by atoms with Crippen molar-refractivity contribution in [2.45, 2.75) is 33.7 Å². The zero-order valence-corrected chi connectivity index (χ0v) is 16.3. The first-order chi connectivity index (χ1) is 12.9. The van der Waals surface area contributed by atoms with Gasteiger partial charge in [-0.15, -0.1) is 0 Å². The highest BCUT2D eigenvalue weighted by molar-refractivity contribution is 5.94. The predicted octanol–water partition coefficient (Wildman–Crippen LogP) is 3.69. The Morgan fingerprint density at radius 1 is 1.19 bits per heavy atom. The highest BCUT2D eigenvalue weighted by Crippen LogP contribution is 2.19. The number of nitrogens with one attached hydrogen (secondary N) is 1. The van der Waals surface area contributed by atoms with E-state index in [-0.39, 0.29) is 11.9 Å². The zero-order valence-electron chi connectivity index (χ0n) is 16.3. The minimum Gasteiger partial charge on any atom is -0.497 e. The van der Waals surface area contributed by atoms with Crippen LogP contribution in [0, 0.1) is 20.8 Å². The molecule has 6 heteroatoms. The molecule has 6 nitrogen and oxygen atoms in total. The van der Waals surface area contributed by atoms with Crippen molar-refractivity contribution in [2.24, 2.45) is 0 Å². The fourth-order valence-electron chi connectivity index (χ4n) is 2.86. The number of nitrogens with zero attached hydrogens (tertiary/aromatic N) is 3. The number of carbonyl (C=O) groups excluding carboxylic acids is 1. The molecule has 1 amide bonds. The van der Waals surface area contributed by atoms with E-state index in [2.05, 4.69) is 15.4 Å². The van der Waals surface area contributed by atoms with E-state index in [9.17, 15) is 4.79 Å². The van der Waals surface area contributed by atoms with Crippen LogP contribution in [0.4, 0.5) is 0 Å². The van der Waals surface area contributed by atoms with Crippen LogP contribution in [-0.4, -0.2) is 27.8 Å². The van der Waals surface area contributed by atoms with E-state index >= 15 is 0 Å². The number of benzene rings is 1. The summed E-state index contributed by atoms with van der Waals surface area (Å²) in [7, 11) is 1.62. The van der Waals surface area contributed by atoms with E-state index < -0.39 is 0 Å². The minimum atomic E-state index is -0.172. The number of methoxy groups -OCH3 is 1. The van der Waals surface area contributed by atoms with Crippen molar-refractivity contribution >= 4 is 5.91 Å². The van der Waals surface area contributed by atoms with Crippen LogP contribution in [0.1, 0.15) is 45.8 Å². The van der Waals surface area contributed by atoms with Gasteiger partial charge in [0.2, 0.25) is 0 Å². The van der Waals surface area contributed by atoms with Crippen LogP contribution in [0.3, 0.4) is 0 Å². The van der Waals surface area contributed by atoms with Gasteiger partial charge < -0.3 is 10.1 Å². The summed E-state index contributed by atoms with van der Waals surface area (Å²) in [6, 6.07) is 11.1. The molecule has 0 fully saturated rings. The van der Waals surface area contributed by atoms with Crippen LogP contribution in [0.15, 0.2) is 42.6 Å². The SMILES string of the molecule is COc1cccc([C@H](C)NC(=O)c2ccc(-n3nc(C)c(C)c3C)nc2)c1. The fourth-order valence-corrected chi connectivity index (χ4v) is 2.86. The Bertz CT molecular complexity index is 961. The largest absolute Gasteiger partial charge is 0.497 e. The molecule has 140 valence electrons. The molecule has 2 heterocycles. The molecule has 0 saturated carbocycles. The van der Waals surface area contributed by atoms with Crippen LogP contribution in [0.5, 0.6) is 5.75 Å². The van der Waals surface area contributed by atoms with Crippen LogP contribution < -0.4 is 10.1 Å². The van der Waals surface area contributed by atoms with E-state index in [0.717, 1.165) is 28.3 Å². The number of aromatic nitrogens is 3. The van der Waals surface area contributed by atoms with Gasteiger partial charge in [-0.1, -0.05) is 12.1 Å². The number of ether oxygens (including phenoxy) is 1. The molecule has 3 aromatic rings. The van der Waals surface area contributed by atoms with E-state index in [1.165, 1.54) is 0 Å². The molecular formula is C21H24N4O2. The highest BCUT2D eigenvalue weighted by Gasteiger charge is 2.14. The lowest BCUT2D eigenvalue weighted by molar-refractivity contribution is 0.0939. The number of carbonyl (C=O) groups is 1. The van der Waals surface area contributed by atoms with Crippen LogP contribution in [-0.2, 0) is 0 Å². The Hall–Kier alpha value is -3.15. The molecule has 1 aromatic carbocycles. The highest BCUT2D eigenvalue weighted by atomic mass is 16.5. The lowest BCUT2D eigenvalue weighted by Gasteiger charge is -2.15. The lowest BCUT2D eigenvalue weighted by atomic mass is 10.1. The first kappa shape index (κ1) is 18.6. The van der Waals surface area contributed by atoms with E-state index in [0.29, 0.717) is 11.4 Å². The van der Waals surface area contributed by atoms with Crippen LogP contribution in [0.25, 0.3) is 5.82 Å². The van der Waals surface area contributed by atoms with Gasteiger partial charge in [0.05, 0.1) is 24.4 Å². The van der Waals surface area contributed by atoms with Gasteiger partial charge in [0, 0.05) is 11.9 Å². The molecule has 0 saturated heterocycles. The van der Waals surface area contributed by atoms with Crippen molar-refractivity contribution in [3.05, 3.63) is 70.7 Å². The third-order valence-electron chi connectivity index (χ3n) is 4.82. The van der Waals surface area contributed by atoms with Gasteiger partial charge >= 0.3 is 0 Å². The molecule has 2 aromatic heterocycles. The van der Waals surface area contributed by atoms with E-state index in [4.69, 9.17) is 4.74 Å². The summed E-state index contributed by atoms with van der Waals surface area (Å²) in [6.45, 7) is 7.96. The monoisotopic (exact) mass is 364 g/mol. The van der Waals surface area contributed by atoms with Gasteiger partial charge in [0.25, 0.3) is 5.91 Å². The maximum absolute atomic E-state index is 12.6. The second kappa shape index (κ2) is 7.61. The Kier molecular flexibility index (Phi) is 5.26. The first-order valence-electron chi connectivity index (χ1n) is 8.84. The third-order valence-corrected chi connectivity index (χ3v) is 4.82. The molecule has 0 aliphatic carbocycles. The summed E-state index contributed by atoms with van der Waals surface area (Å²) in [5, 5.41) is 7.49. The smallest absolute Gasteiger partial charge is 0.253 e. The summed E-state index contributed by atoms with van der Waals surface area (Å²) in [6.07, 6.45) is 1.58. The molecular weight excluding hydrogens is 340 g/mol. The molecule has 0 aliphatic rings. The number of rotatable bonds is 5. The molecule has 1 atom stereocenters. The van der Waals surface area contributed by atoms with Gasteiger partial charge in [-0.25, -0.2) is 9.67 Å². The van der Waals surface area contributed by atoms with Gasteiger partial charge in [-0.2, -0.15) is 5.10 Å². The summed E-state index contributed by atoms with van der Waals surface area (Å²) < 4.78 is 7.04. The number of amides is 1. The molecule has 0 spiro atoms. The van der Waals surface area contributed by atoms with Crippen molar-refractivity contribution in [1.29, 1.82) is 0 Å². The molecule has 0 aliphatic heterocycles. The summed E-state index contributed by atoms with van der Waals surface area (Å²) in [5.74, 6) is 1.29. The summed E-state index contributed by atoms with van der Waals surface area (Å²) >= 11 is 0. The molecule has 0 unspecified atom stereocenters. The van der Waals surface area contributed by atoms with Crippen molar-refractivity contribution < 1.29 is 9.53 Å². The van der Waals surface area contributed by atoms with Crippen molar-refractivity contribution in [3.8, 4) is 11.6 Å². The van der Waals surface area contributed by atoms with Crippen molar-refractivity contribution in [3.63, 3.8) is 0 Å². The van der Waals surface area contributed by atoms with E-state index in [1.807, 2.05) is 58.0 Å². The average Bonchev–Trinajstić information content (AvgIpc) is 2.95. The number of aryl methyl sites for hydroxylation is 1. The topological polar surface area (TPSA) is 69.0 Å². The quantitative estimate of drug-likeness (QED) is 0.750. The molecule has 0 radical (unpaired) electrons. The Labute approximate surface area is 159 Å². The number of pyridine rings is 1. The molecule has 3 rings (SSSR count). The van der Waals surface area contributed by atoms with Gasteiger partial charge in [-0.05, 0) is 63.1 Å². The maximum Gasteiger partial charge on any atom is 0.253 e. The molecule has 0 bridgehead atoms. The van der Waals surface area contributed by atoms with Crippen LogP contribution >= 0.6 is 0 Å². The Balaban J connectivity index is 1.74. The minimum absolute atomic E-state index is 0.147. The standard InChI is InChI=1S/C21H24N4O2/c1-13-14(2)24-25(16(13)4)20-10-9-18(12-22-20)21(26)23-15(3)17-7-6-8-19(11-17)27-5/h6-12,15H,1-5H3,(H,23,26)/t15-/m0/s1. The second-order valence-corrected chi connectivity index (χ2v) is 6.58. The number of hydrogen-bond donors (Lipinski definition) is 1. The van der Waals surface area contributed by atoms with Gasteiger partial charge in [-0.3, -0.25) is 4.79 Å². The normalized spacial score (nSPS) is 11.9. The van der Waals surface area contributed by atoms with Gasteiger partial charge in [0.1, 0.15) is 5.75 Å². The Morgan fingerprint density at radius 2 is 1.96 bits per heavy atom. The molecule has 1 N–H and O–H groups in total. The summed E-state index contributed by atoms with van der Waals surface area (Å²) in [5.41, 5.74) is 4.65. The van der Waals surface area contributed by atoms with E-state index in [1.54, 1.807) is 24.1 Å². The lowest BCUT2D eigenvalue weighted by Crippen LogP contribution is -2.26. The zero-order chi connectivity index (χ0) is 19.6. The maximum atomic E-state index is 12.6. The third kappa shape index (κ3) is 3.84. The average molecular weight is 364 g/mol. The van der Waals surface area contributed by atoms with Crippen molar-refractivity contribution in [1.82, 2.24) is 20.1 Å². The van der Waals surface area contributed by atoms with Crippen LogP contribution in [0.2, 0.25) is 0 Å². The predicted molar refractivity (Wildman–Crippen MR) is 104 cm³/mol. The van der Waals surface area contributed by atoms with Gasteiger partial charge in [0.15, 0.2) is 5.82 Å².